The summed E-state index contributed by atoms with van der Waals surface area (Å²) in [5.74, 6) is 4.17. The Kier molecular flexibility index (Phi) is 6.01. The molecular weight excluding hydrogens is 236 g/mol. The van der Waals surface area contributed by atoms with Crippen molar-refractivity contribution in [2.45, 2.75) is 58.8 Å². The molecule has 0 aliphatic heterocycles. The van der Waals surface area contributed by atoms with Gasteiger partial charge in [0, 0.05) is 5.38 Å². The van der Waals surface area contributed by atoms with E-state index in [4.69, 9.17) is 11.6 Å². The lowest BCUT2D eigenvalue weighted by Gasteiger charge is -2.40. The van der Waals surface area contributed by atoms with Crippen molar-refractivity contribution in [1.29, 1.82) is 0 Å². The monoisotopic (exact) mass is 262 g/mol. The fourth-order valence-corrected chi connectivity index (χ4v) is 3.80. The second-order valence-electron chi connectivity index (χ2n) is 6.14. The summed E-state index contributed by atoms with van der Waals surface area (Å²) in [7, 11) is 0. The minimum Gasteiger partial charge on any atom is -0.162 e. The average molecular weight is 263 g/mol. The van der Waals surface area contributed by atoms with Gasteiger partial charge in [0.25, 0.3) is 0 Å². The zero-order valence-electron chi connectivity index (χ0n) is 11.3. The minimum atomic E-state index is 0.441. The molecule has 16 heavy (non-hydrogen) atoms. The predicted octanol–water partition coefficient (Wildman–Crippen LogP) is 5.20. The van der Waals surface area contributed by atoms with Gasteiger partial charge in [-0.2, -0.15) is 11.8 Å². The van der Waals surface area contributed by atoms with Gasteiger partial charge in [0.1, 0.15) is 0 Å². The number of halogens is 1. The van der Waals surface area contributed by atoms with E-state index in [2.05, 4.69) is 39.5 Å². The maximum Gasteiger partial charge on any atom is 0.0364 e. The second-order valence-corrected chi connectivity index (χ2v) is 8.09. The van der Waals surface area contributed by atoms with E-state index in [1.54, 1.807) is 0 Å². The molecular formula is C14H27ClS. The van der Waals surface area contributed by atoms with Crippen molar-refractivity contribution in [3.63, 3.8) is 0 Å². The van der Waals surface area contributed by atoms with Crippen LogP contribution in [0.2, 0.25) is 0 Å². The van der Waals surface area contributed by atoms with Gasteiger partial charge in [0.05, 0.1) is 0 Å². The molecule has 0 aromatic heterocycles. The summed E-state index contributed by atoms with van der Waals surface area (Å²) >= 11 is 8.52. The maximum atomic E-state index is 6.47. The molecule has 1 fully saturated rings. The SMILES string of the molecule is CCSCCC1CC(C(C)(C)C)CCC1Cl. The van der Waals surface area contributed by atoms with Gasteiger partial charge in [-0.25, -0.2) is 0 Å². The van der Waals surface area contributed by atoms with Crippen LogP contribution in [0.4, 0.5) is 0 Å². The Hall–Kier alpha value is 0.640. The van der Waals surface area contributed by atoms with Crippen LogP contribution in [0.1, 0.15) is 53.4 Å². The fraction of sp³-hybridized carbons (Fsp3) is 1.00. The Morgan fingerprint density at radius 1 is 1.25 bits per heavy atom. The minimum absolute atomic E-state index is 0.441. The van der Waals surface area contributed by atoms with Crippen LogP contribution in [0.15, 0.2) is 0 Å². The molecule has 0 radical (unpaired) electrons. The first-order valence-corrected chi connectivity index (χ1v) is 8.26. The van der Waals surface area contributed by atoms with Crippen LogP contribution >= 0.6 is 23.4 Å². The first-order valence-electron chi connectivity index (χ1n) is 6.67. The first kappa shape index (κ1) is 14.7. The quantitative estimate of drug-likeness (QED) is 0.496. The van der Waals surface area contributed by atoms with E-state index in [0.29, 0.717) is 10.8 Å². The summed E-state index contributed by atoms with van der Waals surface area (Å²) in [6, 6.07) is 0. The van der Waals surface area contributed by atoms with Gasteiger partial charge in [-0.05, 0) is 54.4 Å². The molecule has 1 aliphatic carbocycles. The normalized spacial score (nSPS) is 31.7. The Morgan fingerprint density at radius 2 is 1.94 bits per heavy atom. The molecule has 3 atom stereocenters. The smallest absolute Gasteiger partial charge is 0.0364 e. The summed E-state index contributed by atoms with van der Waals surface area (Å²) in [4.78, 5) is 0. The molecule has 3 unspecified atom stereocenters. The van der Waals surface area contributed by atoms with Crippen LogP contribution in [-0.2, 0) is 0 Å². The Morgan fingerprint density at radius 3 is 2.50 bits per heavy atom. The van der Waals surface area contributed by atoms with E-state index >= 15 is 0 Å². The summed E-state index contributed by atoms with van der Waals surface area (Å²) in [6.45, 7) is 9.37. The summed E-state index contributed by atoms with van der Waals surface area (Å²) in [5.41, 5.74) is 0.465. The van der Waals surface area contributed by atoms with Crippen molar-refractivity contribution in [2.75, 3.05) is 11.5 Å². The fourth-order valence-electron chi connectivity index (χ4n) is 2.69. The molecule has 0 nitrogen and oxygen atoms in total. The number of alkyl halides is 1. The summed E-state index contributed by atoms with van der Waals surface area (Å²) < 4.78 is 0. The van der Waals surface area contributed by atoms with E-state index in [1.807, 2.05) is 0 Å². The molecule has 0 saturated heterocycles. The molecule has 0 amide bonds. The topological polar surface area (TPSA) is 0 Å². The molecule has 0 spiro atoms. The molecule has 2 heteroatoms. The van der Waals surface area contributed by atoms with E-state index < -0.39 is 0 Å². The van der Waals surface area contributed by atoms with E-state index in [0.717, 1.165) is 11.8 Å². The standard InChI is InChI=1S/C14H27ClS/c1-5-16-9-8-11-10-12(14(2,3)4)6-7-13(11)15/h11-13H,5-10H2,1-4H3. The third-order valence-corrected chi connectivity index (χ3v) is 5.46. The van der Waals surface area contributed by atoms with Crippen molar-refractivity contribution < 1.29 is 0 Å². The van der Waals surface area contributed by atoms with Crippen LogP contribution in [0.5, 0.6) is 0 Å². The number of thioether (sulfide) groups is 1. The molecule has 0 N–H and O–H groups in total. The van der Waals surface area contributed by atoms with Crippen molar-refractivity contribution in [3.8, 4) is 0 Å². The van der Waals surface area contributed by atoms with Gasteiger partial charge in [0.15, 0.2) is 0 Å². The molecule has 0 aromatic rings. The number of rotatable bonds is 4. The van der Waals surface area contributed by atoms with Gasteiger partial charge >= 0.3 is 0 Å². The Bertz CT molecular complexity index is 197. The highest BCUT2D eigenvalue weighted by Gasteiger charge is 2.34. The molecule has 0 bridgehead atoms. The largest absolute Gasteiger partial charge is 0.162 e. The van der Waals surface area contributed by atoms with Gasteiger partial charge in [-0.1, -0.05) is 27.7 Å². The van der Waals surface area contributed by atoms with Gasteiger partial charge in [0.2, 0.25) is 0 Å². The van der Waals surface area contributed by atoms with Crippen LogP contribution in [0.3, 0.4) is 0 Å². The molecule has 1 rings (SSSR count). The van der Waals surface area contributed by atoms with Gasteiger partial charge < -0.3 is 0 Å². The molecule has 0 heterocycles. The Labute approximate surface area is 111 Å². The van der Waals surface area contributed by atoms with E-state index in [1.165, 1.54) is 37.2 Å². The first-order chi connectivity index (χ1) is 7.45. The number of hydrogen-bond donors (Lipinski definition) is 0. The number of hydrogen-bond acceptors (Lipinski definition) is 1. The van der Waals surface area contributed by atoms with Gasteiger partial charge in [-0.3, -0.25) is 0 Å². The Balaban J connectivity index is 2.42. The van der Waals surface area contributed by atoms with Crippen LogP contribution < -0.4 is 0 Å². The van der Waals surface area contributed by atoms with Crippen molar-refractivity contribution in [3.05, 3.63) is 0 Å². The van der Waals surface area contributed by atoms with Crippen LogP contribution in [0, 0.1) is 17.3 Å². The van der Waals surface area contributed by atoms with Crippen molar-refractivity contribution in [1.82, 2.24) is 0 Å². The van der Waals surface area contributed by atoms with E-state index in [9.17, 15) is 0 Å². The van der Waals surface area contributed by atoms with Crippen LogP contribution in [0.25, 0.3) is 0 Å². The average Bonchev–Trinajstić information content (AvgIpc) is 2.19. The predicted molar refractivity (Wildman–Crippen MR) is 77.5 cm³/mol. The highest BCUT2D eigenvalue weighted by molar-refractivity contribution is 7.99. The highest BCUT2D eigenvalue weighted by Crippen LogP contribution is 2.43. The summed E-state index contributed by atoms with van der Waals surface area (Å²) in [6.07, 6.45) is 5.22. The maximum absolute atomic E-state index is 6.47. The molecule has 0 aromatic carbocycles. The lowest BCUT2D eigenvalue weighted by Crippen LogP contribution is -2.32. The van der Waals surface area contributed by atoms with Crippen molar-refractivity contribution in [2.24, 2.45) is 17.3 Å². The summed E-state index contributed by atoms with van der Waals surface area (Å²) in [5, 5.41) is 0.441. The third-order valence-electron chi connectivity index (χ3n) is 3.95. The van der Waals surface area contributed by atoms with E-state index in [-0.39, 0.29) is 0 Å². The van der Waals surface area contributed by atoms with Crippen LogP contribution in [-0.4, -0.2) is 16.9 Å². The zero-order valence-corrected chi connectivity index (χ0v) is 12.8. The molecule has 96 valence electrons. The zero-order chi connectivity index (χ0) is 12.2. The van der Waals surface area contributed by atoms with Crippen molar-refractivity contribution >= 4 is 23.4 Å². The van der Waals surface area contributed by atoms with Gasteiger partial charge in [-0.15, -0.1) is 11.6 Å². The molecule has 1 saturated carbocycles. The third kappa shape index (κ3) is 4.49. The molecule has 1 aliphatic rings. The highest BCUT2D eigenvalue weighted by atomic mass is 35.5. The lowest BCUT2D eigenvalue weighted by molar-refractivity contribution is 0.142. The second kappa shape index (κ2) is 6.54. The lowest BCUT2D eigenvalue weighted by atomic mass is 9.68.